The van der Waals surface area contributed by atoms with E-state index in [1.165, 1.54) is 63.7 Å². The molecule has 0 aliphatic heterocycles. The number of hydrogen-bond acceptors (Lipinski definition) is 5. The summed E-state index contributed by atoms with van der Waals surface area (Å²) in [5.41, 5.74) is 0. The molecule has 0 saturated heterocycles. The first-order valence-electron chi connectivity index (χ1n) is 9.09. The van der Waals surface area contributed by atoms with Gasteiger partial charge in [-0.1, -0.05) is 64.7 Å². The van der Waals surface area contributed by atoms with Crippen LogP contribution in [0.2, 0.25) is 0 Å². The van der Waals surface area contributed by atoms with Crippen molar-refractivity contribution in [3.63, 3.8) is 0 Å². The zero-order chi connectivity index (χ0) is 17.7. The van der Waals surface area contributed by atoms with Crippen LogP contribution >= 0.6 is 0 Å². The molecule has 0 aromatic rings. The number of aliphatic carboxylic acids is 2. The summed E-state index contributed by atoms with van der Waals surface area (Å²) in [7, 11) is 0. The van der Waals surface area contributed by atoms with Gasteiger partial charge in [0.05, 0.1) is 11.9 Å². The van der Waals surface area contributed by atoms with Gasteiger partial charge in [0.25, 0.3) is 0 Å². The van der Waals surface area contributed by atoms with Gasteiger partial charge < -0.3 is 19.8 Å². The molecule has 5 nitrogen and oxygen atoms in total. The lowest BCUT2D eigenvalue weighted by Crippen LogP contribution is -2.55. The fourth-order valence-electron chi connectivity index (χ4n) is 2.78. The summed E-state index contributed by atoms with van der Waals surface area (Å²) in [6.07, 6.45) is 11.9. The standard InChI is InChI=1S/C18H35NO4/c1-4-5-6-7-8-9-10-11-12-13-14-19(15(2)17(20)21)16(3)18(22)23/h15-16H,4-14H2,1-3H3,(H,20,21)(H,22,23)/p-2. The van der Waals surface area contributed by atoms with E-state index in [1.54, 1.807) is 0 Å². The molecule has 0 bridgehead atoms. The van der Waals surface area contributed by atoms with E-state index in [1.807, 2.05) is 0 Å². The number of rotatable bonds is 15. The molecule has 0 aromatic heterocycles. The Morgan fingerprint density at radius 3 is 1.43 bits per heavy atom. The predicted molar refractivity (Wildman–Crippen MR) is 87.5 cm³/mol. The van der Waals surface area contributed by atoms with E-state index in [9.17, 15) is 19.8 Å². The second-order valence-corrected chi connectivity index (χ2v) is 6.41. The molecule has 0 aliphatic carbocycles. The third-order valence-corrected chi connectivity index (χ3v) is 4.45. The Kier molecular flexibility index (Phi) is 12.7. The molecule has 0 spiro atoms. The molecule has 0 amide bonds. The lowest BCUT2D eigenvalue weighted by atomic mass is 10.1. The maximum Gasteiger partial charge on any atom is 0.0584 e. The molecule has 0 heterocycles. The van der Waals surface area contributed by atoms with Crippen molar-refractivity contribution >= 4 is 11.9 Å². The second-order valence-electron chi connectivity index (χ2n) is 6.41. The van der Waals surface area contributed by atoms with Crippen molar-refractivity contribution in [2.75, 3.05) is 6.54 Å². The van der Waals surface area contributed by atoms with Gasteiger partial charge in [-0.25, -0.2) is 0 Å². The number of unbranched alkanes of at least 4 members (excludes halogenated alkanes) is 9. The van der Waals surface area contributed by atoms with Crippen LogP contribution in [0.15, 0.2) is 0 Å². The minimum atomic E-state index is -1.25. The minimum Gasteiger partial charge on any atom is -0.548 e. The minimum absolute atomic E-state index is 0.445. The molecule has 0 radical (unpaired) electrons. The van der Waals surface area contributed by atoms with Crippen LogP contribution in [-0.2, 0) is 9.59 Å². The molecule has 0 fully saturated rings. The van der Waals surface area contributed by atoms with Crippen molar-refractivity contribution in [2.45, 2.75) is 97.1 Å². The smallest absolute Gasteiger partial charge is 0.0584 e. The van der Waals surface area contributed by atoms with Crippen LogP contribution in [0.25, 0.3) is 0 Å². The lowest BCUT2D eigenvalue weighted by Gasteiger charge is -2.35. The Hall–Kier alpha value is -1.10. The second kappa shape index (κ2) is 13.3. The monoisotopic (exact) mass is 327 g/mol. The zero-order valence-electron chi connectivity index (χ0n) is 15.0. The van der Waals surface area contributed by atoms with E-state index < -0.39 is 24.0 Å². The highest BCUT2D eigenvalue weighted by Gasteiger charge is 2.21. The van der Waals surface area contributed by atoms with Gasteiger partial charge in [0, 0.05) is 12.1 Å². The molecular formula is C18H33NO4-2. The molecule has 23 heavy (non-hydrogen) atoms. The Morgan fingerprint density at radius 1 is 0.739 bits per heavy atom. The molecule has 5 heteroatoms. The highest BCUT2D eigenvalue weighted by atomic mass is 16.4. The number of nitrogens with zero attached hydrogens (tertiary/aromatic N) is 1. The van der Waals surface area contributed by atoms with Gasteiger partial charge in [-0.05, 0) is 26.8 Å². The number of carbonyl (C=O) groups excluding carboxylic acids is 2. The van der Waals surface area contributed by atoms with Crippen LogP contribution in [0.3, 0.4) is 0 Å². The Labute approximate surface area is 141 Å². The quantitative estimate of drug-likeness (QED) is 0.425. The van der Waals surface area contributed by atoms with Gasteiger partial charge in [-0.15, -0.1) is 0 Å². The van der Waals surface area contributed by atoms with E-state index in [4.69, 9.17) is 0 Å². The van der Waals surface area contributed by atoms with Crippen LogP contribution in [0.5, 0.6) is 0 Å². The first-order chi connectivity index (χ1) is 10.9. The van der Waals surface area contributed by atoms with Crippen LogP contribution in [-0.4, -0.2) is 35.5 Å². The molecule has 0 aliphatic rings. The van der Waals surface area contributed by atoms with Gasteiger partial charge in [0.1, 0.15) is 0 Å². The molecule has 0 N–H and O–H groups in total. The number of carbonyl (C=O) groups is 2. The third kappa shape index (κ3) is 10.3. The Morgan fingerprint density at radius 2 is 1.09 bits per heavy atom. The molecule has 2 atom stereocenters. The lowest BCUT2D eigenvalue weighted by molar-refractivity contribution is -0.317. The zero-order valence-corrected chi connectivity index (χ0v) is 15.0. The van der Waals surface area contributed by atoms with Gasteiger partial charge in [-0.3, -0.25) is 4.90 Å². The number of carboxylic acids is 2. The highest BCUT2D eigenvalue weighted by molar-refractivity contribution is 5.74. The van der Waals surface area contributed by atoms with E-state index in [0.29, 0.717) is 6.54 Å². The fraction of sp³-hybridized carbons (Fsp3) is 0.889. The Balaban J connectivity index is 3.87. The summed E-state index contributed by atoms with van der Waals surface area (Å²) in [4.78, 5) is 23.4. The number of carboxylic acid groups (broad SMARTS) is 2. The van der Waals surface area contributed by atoms with Crippen LogP contribution in [0, 0.1) is 0 Å². The van der Waals surface area contributed by atoms with E-state index in [2.05, 4.69) is 6.92 Å². The summed E-state index contributed by atoms with van der Waals surface area (Å²) in [5.74, 6) is -2.49. The summed E-state index contributed by atoms with van der Waals surface area (Å²) in [6.45, 7) is 5.59. The van der Waals surface area contributed by atoms with Crippen LogP contribution in [0.1, 0.15) is 85.0 Å². The van der Waals surface area contributed by atoms with E-state index >= 15 is 0 Å². The van der Waals surface area contributed by atoms with Crippen molar-refractivity contribution < 1.29 is 19.8 Å². The van der Waals surface area contributed by atoms with Gasteiger partial charge in [-0.2, -0.15) is 0 Å². The maximum atomic E-state index is 11.0. The summed E-state index contributed by atoms with van der Waals surface area (Å²) in [6, 6.07) is -1.83. The third-order valence-electron chi connectivity index (χ3n) is 4.45. The van der Waals surface area contributed by atoms with Crippen molar-refractivity contribution in [3.8, 4) is 0 Å². The van der Waals surface area contributed by atoms with Crippen molar-refractivity contribution in [1.82, 2.24) is 4.90 Å². The normalized spacial score (nSPS) is 13.9. The summed E-state index contributed by atoms with van der Waals surface area (Å²) >= 11 is 0. The summed E-state index contributed by atoms with van der Waals surface area (Å²) in [5, 5.41) is 22.0. The average molecular weight is 327 g/mol. The molecule has 0 aromatic carbocycles. The fourth-order valence-corrected chi connectivity index (χ4v) is 2.78. The van der Waals surface area contributed by atoms with Crippen molar-refractivity contribution in [3.05, 3.63) is 0 Å². The average Bonchev–Trinajstić information content (AvgIpc) is 2.51. The largest absolute Gasteiger partial charge is 0.548 e. The highest BCUT2D eigenvalue weighted by Crippen LogP contribution is 2.12. The van der Waals surface area contributed by atoms with Crippen molar-refractivity contribution in [2.24, 2.45) is 0 Å². The topological polar surface area (TPSA) is 83.5 Å². The van der Waals surface area contributed by atoms with Crippen LogP contribution in [0.4, 0.5) is 0 Å². The molecule has 0 rings (SSSR count). The first-order valence-corrected chi connectivity index (χ1v) is 9.09. The van der Waals surface area contributed by atoms with Crippen LogP contribution < -0.4 is 10.2 Å². The summed E-state index contributed by atoms with van der Waals surface area (Å²) < 4.78 is 0. The molecule has 0 saturated carbocycles. The maximum absolute atomic E-state index is 11.0. The molecular weight excluding hydrogens is 294 g/mol. The van der Waals surface area contributed by atoms with Gasteiger partial charge in [0.2, 0.25) is 0 Å². The molecule has 2 unspecified atom stereocenters. The van der Waals surface area contributed by atoms with Gasteiger partial charge >= 0.3 is 0 Å². The predicted octanol–water partition coefficient (Wildman–Crippen LogP) is 1.49. The van der Waals surface area contributed by atoms with Crippen molar-refractivity contribution in [1.29, 1.82) is 0 Å². The van der Waals surface area contributed by atoms with E-state index in [-0.39, 0.29) is 0 Å². The Bertz CT molecular complexity index is 313. The van der Waals surface area contributed by atoms with E-state index in [0.717, 1.165) is 19.3 Å². The first kappa shape index (κ1) is 21.9. The molecule has 136 valence electrons. The SMILES string of the molecule is CCCCCCCCCCCCN(C(C)C(=O)[O-])C(C)C(=O)[O-]. The van der Waals surface area contributed by atoms with Gasteiger partial charge in [0.15, 0.2) is 0 Å². The number of hydrogen-bond donors (Lipinski definition) is 0.